The molecule has 0 saturated carbocycles. The van der Waals surface area contributed by atoms with E-state index in [-0.39, 0.29) is 11.8 Å². The standard InChI is InChI=1S/C21H32N2O5/c1-5-6-12-28-15(2)20(24)22-17-14-19(27-4)18(26-3)13-16(17)21(25)23-10-8-7-9-11-23/h13-15H,5-12H2,1-4H3,(H,22,24). The molecule has 1 atom stereocenters. The molecule has 0 aliphatic carbocycles. The van der Waals surface area contributed by atoms with E-state index in [4.69, 9.17) is 14.2 Å². The van der Waals surface area contributed by atoms with Crippen molar-refractivity contribution in [2.45, 2.75) is 52.1 Å². The van der Waals surface area contributed by atoms with Gasteiger partial charge in [0, 0.05) is 25.8 Å². The maximum atomic E-state index is 13.1. The summed E-state index contributed by atoms with van der Waals surface area (Å²) in [4.78, 5) is 27.5. The molecule has 7 heteroatoms. The number of hydrogen-bond donors (Lipinski definition) is 1. The van der Waals surface area contributed by atoms with Crippen LogP contribution in [0.2, 0.25) is 0 Å². The van der Waals surface area contributed by atoms with Crippen molar-refractivity contribution in [3.8, 4) is 11.5 Å². The van der Waals surface area contributed by atoms with Crippen molar-refractivity contribution in [2.75, 3.05) is 39.2 Å². The molecule has 156 valence electrons. The zero-order chi connectivity index (χ0) is 20.5. The number of piperidine rings is 1. The van der Waals surface area contributed by atoms with Crippen molar-refractivity contribution in [3.05, 3.63) is 17.7 Å². The Morgan fingerprint density at radius 2 is 1.75 bits per heavy atom. The average Bonchev–Trinajstić information content (AvgIpc) is 2.73. The Hall–Kier alpha value is -2.28. The Kier molecular flexibility index (Phi) is 8.57. The van der Waals surface area contributed by atoms with Gasteiger partial charge in [-0.05, 0) is 38.7 Å². The number of amides is 2. The fourth-order valence-corrected chi connectivity index (χ4v) is 3.14. The Morgan fingerprint density at radius 3 is 2.36 bits per heavy atom. The van der Waals surface area contributed by atoms with Crippen LogP contribution in [-0.2, 0) is 9.53 Å². The monoisotopic (exact) mass is 392 g/mol. The van der Waals surface area contributed by atoms with Crippen LogP contribution >= 0.6 is 0 Å². The number of anilines is 1. The summed E-state index contributed by atoms with van der Waals surface area (Å²) < 4.78 is 16.3. The molecule has 1 aromatic carbocycles. The van der Waals surface area contributed by atoms with Crippen LogP contribution in [0.3, 0.4) is 0 Å². The fraction of sp³-hybridized carbons (Fsp3) is 0.619. The first kappa shape index (κ1) is 22.0. The summed E-state index contributed by atoms with van der Waals surface area (Å²) in [6.07, 6.45) is 4.39. The molecule has 1 N–H and O–H groups in total. The van der Waals surface area contributed by atoms with Crippen LogP contribution in [0.1, 0.15) is 56.3 Å². The molecule has 0 radical (unpaired) electrons. The smallest absolute Gasteiger partial charge is 0.256 e. The van der Waals surface area contributed by atoms with Gasteiger partial charge in [-0.3, -0.25) is 9.59 Å². The lowest BCUT2D eigenvalue weighted by atomic mass is 10.1. The number of carbonyl (C=O) groups is 2. The average molecular weight is 392 g/mol. The molecule has 1 aliphatic rings. The van der Waals surface area contributed by atoms with Gasteiger partial charge in [0.15, 0.2) is 11.5 Å². The quantitative estimate of drug-likeness (QED) is 0.651. The van der Waals surface area contributed by atoms with Gasteiger partial charge >= 0.3 is 0 Å². The number of carbonyl (C=O) groups excluding carboxylic acids is 2. The summed E-state index contributed by atoms with van der Waals surface area (Å²) in [5.41, 5.74) is 0.804. The van der Waals surface area contributed by atoms with Gasteiger partial charge in [0.2, 0.25) is 0 Å². The minimum Gasteiger partial charge on any atom is -0.493 e. The van der Waals surface area contributed by atoms with E-state index >= 15 is 0 Å². The predicted octanol–water partition coefficient (Wildman–Crippen LogP) is 3.47. The molecular formula is C21H32N2O5. The highest BCUT2D eigenvalue weighted by atomic mass is 16.5. The Labute approximate surface area is 167 Å². The molecule has 1 saturated heterocycles. The maximum Gasteiger partial charge on any atom is 0.256 e. The normalized spacial score (nSPS) is 15.1. The third kappa shape index (κ3) is 5.61. The number of nitrogens with zero attached hydrogens (tertiary/aromatic N) is 1. The summed E-state index contributed by atoms with van der Waals surface area (Å²) in [5.74, 6) is 0.493. The molecule has 0 aromatic heterocycles. The van der Waals surface area contributed by atoms with E-state index in [0.29, 0.717) is 29.4 Å². The lowest BCUT2D eigenvalue weighted by Gasteiger charge is -2.28. The van der Waals surface area contributed by atoms with E-state index < -0.39 is 6.10 Å². The van der Waals surface area contributed by atoms with E-state index in [0.717, 1.165) is 45.2 Å². The fourth-order valence-electron chi connectivity index (χ4n) is 3.14. The van der Waals surface area contributed by atoms with Gasteiger partial charge in [0.25, 0.3) is 11.8 Å². The highest BCUT2D eigenvalue weighted by Crippen LogP contribution is 2.34. The molecule has 0 bridgehead atoms. The van der Waals surface area contributed by atoms with Gasteiger partial charge in [-0.2, -0.15) is 0 Å². The van der Waals surface area contributed by atoms with Crippen molar-refractivity contribution >= 4 is 17.5 Å². The maximum absolute atomic E-state index is 13.1. The molecule has 0 spiro atoms. The summed E-state index contributed by atoms with van der Waals surface area (Å²) in [6, 6.07) is 3.26. The molecule has 2 rings (SSSR count). The van der Waals surface area contributed by atoms with Gasteiger partial charge in [0.1, 0.15) is 6.10 Å². The largest absolute Gasteiger partial charge is 0.493 e. The van der Waals surface area contributed by atoms with Crippen molar-refractivity contribution in [1.82, 2.24) is 4.90 Å². The van der Waals surface area contributed by atoms with Crippen LogP contribution in [0.4, 0.5) is 5.69 Å². The van der Waals surface area contributed by atoms with Crippen LogP contribution < -0.4 is 14.8 Å². The number of nitrogens with one attached hydrogen (secondary N) is 1. The van der Waals surface area contributed by atoms with Gasteiger partial charge in [-0.1, -0.05) is 13.3 Å². The number of likely N-dealkylation sites (tertiary alicyclic amines) is 1. The van der Waals surface area contributed by atoms with Gasteiger partial charge in [-0.25, -0.2) is 0 Å². The lowest BCUT2D eigenvalue weighted by molar-refractivity contribution is -0.126. The first-order chi connectivity index (χ1) is 13.5. The summed E-state index contributed by atoms with van der Waals surface area (Å²) >= 11 is 0. The van der Waals surface area contributed by atoms with Crippen molar-refractivity contribution in [1.29, 1.82) is 0 Å². The lowest BCUT2D eigenvalue weighted by Crippen LogP contribution is -2.36. The first-order valence-corrected chi connectivity index (χ1v) is 9.99. The van der Waals surface area contributed by atoms with Crippen LogP contribution in [-0.4, -0.2) is 56.7 Å². The van der Waals surface area contributed by atoms with Crippen LogP contribution in [0.15, 0.2) is 12.1 Å². The molecule has 1 aromatic rings. The second kappa shape index (κ2) is 10.9. The molecule has 7 nitrogen and oxygen atoms in total. The zero-order valence-electron chi connectivity index (χ0n) is 17.4. The predicted molar refractivity (Wildman–Crippen MR) is 108 cm³/mol. The third-order valence-electron chi connectivity index (χ3n) is 4.89. The van der Waals surface area contributed by atoms with E-state index in [1.807, 2.05) is 4.90 Å². The number of ether oxygens (including phenoxy) is 3. The summed E-state index contributed by atoms with van der Waals surface area (Å²) in [5, 5.41) is 2.84. The van der Waals surface area contributed by atoms with E-state index in [1.54, 1.807) is 19.1 Å². The van der Waals surface area contributed by atoms with Crippen LogP contribution in [0.5, 0.6) is 11.5 Å². The van der Waals surface area contributed by atoms with Crippen molar-refractivity contribution in [3.63, 3.8) is 0 Å². The molecule has 1 heterocycles. The molecule has 2 amide bonds. The number of hydrogen-bond acceptors (Lipinski definition) is 5. The topological polar surface area (TPSA) is 77.1 Å². The molecule has 28 heavy (non-hydrogen) atoms. The van der Waals surface area contributed by atoms with E-state index in [2.05, 4.69) is 12.2 Å². The zero-order valence-corrected chi connectivity index (χ0v) is 17.4. The third-order valence-corrected chi connectivity index (χ3v) is 4.89. The number of benzene rings is 1. The highest BCUT2D eigenvalue weighted by molar-refractivity contribution is 6.05. The van der Waals surface area contributed by atoms with E-state index in [1.165, 1.54) is 14.2 Å². The van der Waals surface area contributed by atoms with Gasteiger partial charge < -0.3 is 24.4 Å². The first-order valence-electron chi connectivity index (χ1n) is 9.99. The number of methoxy groups -OCH3 is 2. The second-order valence-corrected chi connectivity index (χ2v) is 6.96. The molecule has 1 unspecified atom stereocenters. The van der Waals surface area contributed by atoms with E-state index in [9.17, 15) is 9.59 Å². The number of unbranched alkanes of at least 4 members (excludes halogenated alkanes) is 1. The van der Waals surface area contributed by atoms with Gasteiger partial charge in [-0.15, -0.1) is 0 Å². The molecular weight excluding hydrogens is 360 g/mol. The summed E-state index contributed by atoms with van der Waals surface area (Å²) in [6.45, 7) is 5.73. The Morgan fingerprint density at radius 1 is 1.11 bits per heavy atom. The minimum atomic E-state index is -0.613. The Balaban J connectivity index is 2.26. The SMILES string of the molecule is CCCCOC(C)C(=O)Nc1cc(OC)c(OC)cc1C(=O)N1CCCCC1. The second-order valence-electron chi connectivity index (χ2n) is 6.96. The van der Waals surface area contributed by atoms with Gasteiger partial charge in [0.05, 0.1) is 25.5 Å². The minimum absolute atomic E-state index is 0.115. The highest BCUT2D eigenvalue weighted by Gasteiger charge is 2.25. The summed E-state index contributed by atoms with van der Waals surface area (Å²) in [7, 11) is 3.04. The van der Waals surface area contributed by atoms with Crippen molar-refractivity contribution < 1.29 is 23.8 Å². The van der Waals surface area contributed by atoms with Crippen LogP contribution in [0.25, 0.3) is 0 Å². The van der Waals surface area contributed by atoms with Crippen molar-refractivity contribution in [2.24, 2.45) is 0 Å². The number of rotatable bonds is 9. The van der Waals surface area contributed by atoms with Crippen LogP contribution in [0, 0.1) is 0 Å². The molecule has 1 fully saturated rings. The molecule has 1 aliphatic heterocycles. The Bertz CT molecular complexity index is 671.